The van der Waals surface area contributed by atoms with Crippen LogP contribution in [0.25, 0.3) is 0 Å². The molecule has 3 heteroatoms. The lowest BCUT2D eigenvalue weighted by Gasteiger charge is -2.23. The Bertz CT molecular complexity index is 488. The molecular weight excluding hydrogens is 252 g/mol. The molecule has 3 nitrogen and oxygen atoms in total. The summed E-state index contributed by atoms with van der Waals surface area (Å²) in [4.78, 5) is 12.7. The van der Waals surface area contributed by atoms with E-state index in [0.29, 0.717) is 0 Å². The van der Waals surface area contributed by atoms with Gasteiger partial charge < -0.3 is 9.47 Å². The summed E-state index contributed by atoms with van der Waals surface area (Å²) in [6, 6.07) is 9.83. The van der Waals surface area contributed by atoms with E-state index in [4.69, 9.17) is 9.47 Å². The smallest absolute Gasteiger partial charge is 0.346 e. The van der Waals surface area contributed by atoms with Crippen LogP contribution < -0.4 is 0 Å². The van der Waals surface area contributed by atoms with Gasteiger partial charge in [0.05, 0.1) is 6.10 Å². The predicted octanol–water partition coefficient (Wildman–Crippen LogP) is 3.57. The van der Waals surface area contributed by atoms with E-state index in [1.807, 2.05) is 44.2 Å². The molecule has 1 spiro atoms. The van der Waals surface area contributed by atoms with Crippen molar-refractivity contribution in [1.82, 2.24) is 0 Å². The van der Waals surface area contributed by atoms with E-state index in [1.54, 1.807) is 0 Å². The number of epoxide rings is 1. The second-order valence-electron chi connectivity index (χ2n) is 6.16. The van der Waals surface area contributed by atoms with Crippen LogP contribution in [-0.4, -0.2) is 17.7 Å². The number of carbonyl (C=O) groups is 1. The first kappa shape index (κ1) is 13.6. The van der Waals surface area contributed by atoms with Crippen molar-refractivity contribution in [2.45, 2.75) is 63.3 Å². The zero-order chi connectivity index (χ0) is 14.2. The van der Waals surface area contributed by atoms with E-state index in [9.17, 15) is 4.79 Å². The molecular formula is C17H22O3. The molecule has 1 aliphatic heterocycles. The Morgan fingerprint density at radius 3 is 2.40 bits per heavy atom. The first-order valence-electron chi connectivity index (χ1n) is 7.57. The van der Waals surface area contributed by atoms with Gasteiger partial charge in [0.15, 0.2) is 0 Å². The Kier molecular flexibility index (Phi) is 3.33. The maximum Gasteiger partial charge on any atom is 0.346 e. The Morgan fingerprint density at radius 2 is 1.80 bits per heavy atom. The van der Waals surface area contributed by atoms with Gasteiger partial charge in [0, 0.05) is 0 Å². The summed E-state index contributed by atoms with van der Waals surface area (Å²) >= 11 is 0. The Morgan fingerprint density at radius 1 is 1.15 bits per heavy atom. The molecule has 0 amide bonds. The lowest BCUT2D eigenvalue weighted by Crippen LogP contribution is -2.36. The summed E-state index contributed by atoms with van der Waals surface area (Å²) in [7, 11) is 0. The molecule has 20 heavy (non-hydrogen) atoms. The van der Waals surface area contributed by atoms with Gasteiger partial charge in [-0.2, -0.15) is 0 Å². The summed E-state index contributed by atoms with van der Waals surface area (Å²) in [6.07, 6.45) is 5.28. The number of carbonyl (C=O) groups excluding carboxylic acids is 1. The number of rotatable bonds is 3. The Hall–Kier alpha value is -1.35. The molecule has 0 aromatic heterocycles. The molecule has 108 valence electrons. The lowest BCUT2D eigenvalue weighted by molar-refractivity contribution is -0.154. The standard InChI is InChI=1S/C17H22O3/c1-13(2)19-15(18)17(14-9-5-3-6-10-14)16(20-17)11-7-4-8-12-16/h3,5-6,9-10,13H,4,7-8,11-12H2,1-2H3. The van der Waals surface area contributed by atoms with Gasteiger partial charge >= 0.3 is 5.97 Å². The predicted molar refractivity (Wildman–Crippen MR) is 76.2 cm³/mol. The highest BCUT2D eigenvalue weighted by Gasteiger charge is 2.75. The number of hydrogen-bond acceptors (Lipinski definition) is 3. The van der Waals surface area contributed by atoms with Crippen LogP contribution in [0, 0.1) is 0 Å². The third-order valence-electron chi connectivity index (χ3n) is 4.42. The maximum atomic E-state index is 12.7. The van der Waals surface area contributed by atoms with E-state index in [1.165, 1.54) is 6.42 Å². The third kappa shape index (κ3) is 1.96. The number of hydrogen-bond donors (Lipinski definition) is 0. The zero-order valence-electron chi connectivity index (χ0n) is 12.2. The van der Waals surface area contributed by atoms with Crippen LogP contribution in [0.4, 0.5) is 0 Å². The molecule has 1 saturated carbocycles. The van der Waals surface area contributed by atoms with Gasteiger partial charge in [-0.1, -0.05) is 49.6 Å². The average molecular weight is 274 g/mol. The lowest BCUT2D eigenvalue weighted by atomic mass is 9.77. The van der Waals surface area contributed by atoms with Crippen molar-refractivity contribution in [2.24, 2.45) is 0 Å². The van der Waals surface area contributed by atoms with E-state index in [2.05, 4.69) is 0 Å². The highest BCUT2D eigenvalue weighted by Crippen LogP contribution is 2.63. The third-order valence-corrected chi connectivity index (χ3v) is 4.42. The Labute approximate surface area is 120 Å². The van der Waals surface area contributed by atoms with Crippen molar-refractivity contribution < 1.29 is 14.3 Å². The quantitative estimate of drug-likeness (QED) is 0.625. The van der Waals surface area contributed by atoms with Crippen molar-refractivity contribution in [3.8, 4) is 0 Å². The molecule has 2 aliphatic rings. The fourth-order valence-electron chi connectivity index (χ4n) is 3.48. The monoisotopic (exact) mass is 274 g/mol. The van der Waals surface area contributed by atoms with E-state index in [-0.39, 0.29) is 17.7 Å². The molecule has 0 radical (unpaired) electrons. The van der Waals surface area contributed by atoms with Gasteiger partial charge in [0.2, 0.25) is 5.60 Å². The molecule has 1 heterocycles. The van der Waals surface area contributed by atoms with Crippen molar-refractivity contribution in [3.63, 3.8) is 0 Å². The number of benzene rings is 1. The molecule has 0 N–H and O–H groups in total. The summed E-state index contributed by atoms with van der Waals surface area (Å²) in [5, 5.41) is 0. The van der Waals surface area contributed by atoms with Crippen molar-refractivity contribution in [2.75, 3.05) is 0 Å². The molecule has 0 bridgehead atoms. The van der Waals surface area contributed by atoms with Gasteiger partial charge in [-0.15, -0.1) is 0 Å². The topological polar surface area (TPSA) is 38.8 Å². The van der Waals surface area contributed by atoms with E-state index < -0.39 is 5.60 Å². The second-order valence-corrected chi connectivity index (χ2v) is 6.16. The fraction of sp³-hybridized carbons (Fsp3) is 0.588. The van der Waals surface area contributed by atoms with Crippen LogP contribution >= 0.6 is 0 Å². The summed E-state index contributed by atoms with van der Waals surface area (Å²) in [6.45, 7) is 3.76. The van der Waals surface area contributed by atoms with Crippen molar-refractivity contribution in [3.05, 3.63) is 35.9 Å². The van der Waals surface area contributed by atoms with E-state index in [0.717, 1.165) is 31.2 Å². The summed E-state index contributed by atoms with van der Waals surface area (Å²) in [5.41, 5.74) is -0.245. The largest absolute Gasteiger partial charge is 0.460 e. The molecule has 3 rings (SSSR count). The normalized spacial score (nSPS) is 27.6. The van der Waals surface area contributed by atoms with Gasteiger partial charge in [-0.25, -0.2) is 4.79 Å². The van der Waals surface area contributed by atoms with E-state index >= 15 is 0 Å². The zero-order valence-corrected chi connectivity index (χ0v) is 12.2. The van der Waals surface area contributed by atoms with Crippen LogP contribution in [-0.2, 0) is 19.9 Å². The van der Waals surface area contributed by atoms with Gasteiger partial charge in [-0.3, -0.25) is 0 Å². The van der Waals surface area contributed by atoms with Crippen LogP contribution in [0.3, 0.4) is 0 Å². The summed E-state index contributed by atoms with van der Waals surface area (Å²) < 4.78 is 11.6. The fourth-order valence-corrected chi connectivity index (χ4v) is 3.48. The molecule has 1 saturated heterocycles. The maximum absolute atomic E-state index is 12.7. The van der Waals surface area contributed by atoms with Gasteiger partial charge in [-0.05, 0) is 32.3 Å². The van der Waals surface area contributed by atoms with Gasteiger partial charge in [0.25, 0.3) is 0 Å². The second kappa shape index (κ2) is 4.88. The van der Waals surface area contributed by atoms with Crippen molar-refractivity contribution in [1.29, 1.82) is 0 Å². The Balaban J connectivity index is 1.96. The molecule has 1 aromatic rings. The highest BCUT2D eigenvalue weighted by atomic mass is 16.7. The summed E-state index contributed by atoms with van der Waals surface area (Å²) in [5.74, 6) is -0.222. The van der Waals surface area contributed by atoms with Gasteiger partial charge in [0.1, 0.15) is 5.60 Å². The molecule has 2 fully saturated rings. The molecule has 1 unspecified atom stereocenters. The highest BCUT2D eigenvalue weighted by molar-refractivity contribution is 5.87. The minimum atomic E-state index is -0.862. The minimum absolute atomic E-state index is 0.118. The van der Waals surface area contributed by atoms with Crippen molar-refractivity contribution >= 4 is 5.97 Å². The first-order valence-corrected chi connectivity index (χ1v) is 7.57. The SMILES string of the molecule is CC(C)OC(=O)C1(c2ccccc2)OC12CCCCC2. The number of ether oxygens (including phenoxy) is 2. The average Bonchev–Trinajstić information content (AvgIpc) is 3.09. The van der Waals surface area contributed by atoms with Crippen LogP contribution in [0.1, 0.15) is 51.5 Å². The molecule has 1 atom stereocenters. The van der Waals surface area contributed by atoms with Crippen LogP contribution in [0.15, 0.2) is 30.3 Å². The van der Waals surface area contributed by atoms with Crippen LogP contribution in [0.5, 0.6) is 0 Å². The minimum Gasteiger partial charge on any atom is -0.460 e. The molecule has 1 aromatic carbocycles. The first-order chi connectivity index (χ1) is 9.61. The number of esters is 1. The van der Waals surface area contributed by atoms with Crippen LogP contribution in [0.2, 0.25) is 0 Å². The molecule has 1 aliphatic carbocycles.